The maximum Gasteiger partial charge on any atom is 0.314 e. The maximum atomic E-state index is 11.8. The summed E-state index contributed by atoms with van der Waals surface area (Å²) in [7, 11) is 1.53. The van der Waals surface area contributed by atoms with Crippen LogP contribution in [0.25, 0.3) is 0 Å². The van der Waals surface area contributed by atoms with E-state index >= 15 is 0 Å². The summed E-state index contributed by atoms with van der Waals surface area (Å²) in [6.45, 7) is 3.40. The van der Waals surface area contributed by atoms with Crippen LogP contribution in [-0.2, 0) is 14.4 Å². The molecule has 0 aromatic heterocycles. The van der Waals surface area contributed by atoms with E-state index in [2.05, 4.69) is 21.3 Å². The second-order valence-electron chi connectivity index (χ2n) is 4.52. The normalized spacial score (nSPS) is 11.2. The Morgan fingerprint density at radius 3 is 2.29 bits per heavy atom. The average Bonchev–Trinajstić information content (AvgIpc) is 2.44. The van der Waals surface area contributed by atoms with Crippen LogP contribution < -0.4 is 21.3 Å². The van der Waals surface area contributed by atoms with E-state index in [1.54, 1.807) is 6.92 Å². The Hall–Kier alpha value is -2.12. The van der Waals surface area contributed by atoms with Gasteiger partial charge in [0.25, 0.3) is 0 Å². The van der Waals surface area contributed by atoms with Crippen molar-refractivity contribution in [2.45, 2.75) is 45.6 Å². The molecule has 0 spiro atoms. The summed E-state index contributed by atoms with van der Waals surface area (Å²) in [6.07, 6.45) is 1.96. The molecule has 1 unspecified atom stereocenters. The van der Waals surface area contributed by atoms with Gasteiger partial charge in [-0.15, -0.1) is 0 Å². The number of rotatable bonds is 8. The number of carbonyl (C=O) groups is 4. The highest BCUT2D eigenvalue weighted by Gasteiger charge is 2.20. The molecule has 0 radical (unpaired) electrons. The van der Waals surface area contributed by atoms with Gasteiger partial charge in [-0.1, -0.05) is 6.92 Å². The van der Waals surface area contributed by atoms with E-state index in [9.17, 15) is 19.2 Å². The second-order valence-corrected chi connectivity index (χ2v) is 4.52. The molecule has 0 saturated carbocycles. The first-order chi connectivity index (χ1) is 9.90. The topological polar surface area (TPSA) is 116 Å². The van der Waals surface area contributed by atoms with Crippen LogP contribution in [0.4, 0.5) is 4.79 Å². The van der Waals surface area contributed by atoms with E-state index in [4.69, 9.17) is 0 Å². The van der Waals surface area contributed by atoms with Gasteiger partial charge in [0.1, 0.15) is 6.04 Å². The molecule has 5 amide bonds. The molecule has 8 heteroatoms. The molecule has 0 aliphatic heterocycles. The molecular formula is C13H24N4O4. The fourth-order valence-electron chi connectivity index (χ4n) is 1.59. The molecule has 1 atom stereocenters. The number of imide groups is 1. The zero-order valence-corrected chi connectivity index (χ0v) is 12.7. The zero-order chi connectivity index (χ0) is 16.3. The lowest BCUT2D eigenvalue weighted by Gasteiger charge is -2.17. The third kappa shape index (κ3) is 9.42. The van der Waals surface area contributed by atoms with E-state index in [0.717, 1.165) is 0 Å². The highest BCUT2D eigenvalue weighted by atomic mass is 16.2. The van der Waals surface area contributed by atoms with Crippen molar-refractivity contribution in [2.24, 2.45) is 0 Å². The quantitative estimate of drug-likeness (QED) is 0.458. The SMILES string of the molecule is CCC(=O)NC(CCCCNC(=O)NC)C(=O)NC(C)=O. The van der Waals surface area contributed by atoms with Crippen LogP contribution in [0, 0.1) is 0 Å². The minimum absolute atomic E-state index is 0.248. The van der Waals surface area contributed by atoms with E-state index in [1.165, 1.54) is 14.0 Å². The second kappa shape index (κ2) is 10.6. The molecule has 21 heavy (non-hydrogen) atoms. The van der Waals surface area contributed by atoms with Crippen molar-refractivity contribution in [1.82, 2.24) is 21.3 Å². The Bertz CT molecular complexity index is 384. The lowest BCUT2D eigenvalue weighted by molar-refractivity contribution is -0.133. The molecule has 0 aromatic rings. The monoisotopic (exact) mass is 300 g/mol. The van der Waals surface area contributed by atoms with E-state index in [1.807, 2.05) is 0 Å². The highest BCUT2D eigenvalue weighted by molar-refractivity contribution is 5.98. The number of nitrogens with one attached hydrogen (secondary N) is 4. The van der Waals surface area contributed by atoms with Crippen LogP contribution in [0.5, 0.6) is 0 Å². The summed E-state index contributed by atoms with van der Waals surface area (Å²) in [5.74, 6) is -1.22. The fourth-order valence-corrected chi connectivity index (χ4v) is 1.59. The number of hydrogen-bond donors (Lipinski definition) is 4. The van der Waals surface area contributed by atoms with E-state index in [-0.39, 0.29) is 18.4 Å². The smallest absolute Gasteiger partial charge is 0.314 e. The summed E-state index contributed by atoms with van der Waals surface area (Å²) >= 11 is 0. The van der Waals surface area contributed by atoms with Gasteiger partial charge in [-0.3, -0.25) is 19.7 Å². The molecule has 0 aromatic carbocycles. The molecule has 0 heterocycles. The Morgan fingerprint density at radius 2 is 1.76 bits per heavy atom. The lowest BCUT2D eigenvalue weighted by atomic mass is 10.1. The molecule has 0 aliphatic rings. The summed E-state index contributed by atoms with van der Waals surface area (Å²) in [5.41, 5.74) is 0. The molecule has 0 fully saturated rings. The number of urea groups is 1. The first kappa shape index (κ1) is 18.9. The maximum absolute atomic E-state index is 11.8. The summed E-state index contributed by atoms with van der Waals surface area (Å²) in [4.78, 5) is 45.0. The molecule has 8 nitrogen and oxygen atoms in total. The Labute approximate surface area is 124 Å². The first-order valence-electron chi connectivity index (χ1n) is 6.97. The number of hydrogen-bond acceptors (Lipinski definition) is 4. The van der Waals surface area contributed by atoms with Gasteiger partial charge in [0.05, 0.1) is 0 Å². The van der Waals surface area contributed by atoms with Gasteiger partial charge in [-0.25, -0.2) is 4.79 Å². The molecule has 120 valence electrons. The first-order valence-corrected chi connectivity index (χ1v) is 6.97. The average molecular weight is 300 g/mol. The van der Waals surface area contributed by atoms with Crippen LogP contribution in [0.3, 0.4) is 0 Å². The molecule has 4 N–H and O–H groups in total. The van der Waals surface area contributed by atoms with Gasteiger partial charge in [0.15, 0.2) is 0 Å². The number of amides is 5. The van der Waals surface area contributed by atoms with Gasteiger partial charge in [0, 0.05) is 26.9 Å². The Kier molecular flexibility index (Phi) is 9.57. The van der Waals surface area contributed by atoms with Crippen molar-refractivity contribution in [2.75, 3.05) is 13.6 Å². The fraction of sp³-hybridized carbons (Fsp3) is 0.692. The Morgan fingerprint density at radius 1 is 1.10 bits per heavy atom. The largest absolute Gasteiger partial charge is 0.344 e. The van der Waals surface area contributed by atoms with Crippen molar-refractivity contribution in [1.29, 1.82) is 0 Å². The third-order valence-corrected chi connectivity index (χ3v) is 2.70. The van der Waals surface area contributed by atoms with Gasteiger partial charge < -0.3 is 16.0 Å². The van der Waals surface area contributed by atoms with E-state index in [0.29, 0.717) is 25.8 Å². The van der Waals surface area contributed by atoms with Crippen LogP contribution in [0.1, 0.15) is 39.5 Å². The van der Waals surface area contributed by atoms with Gasteiger partial charge in [0.2, 0.25) is 17.7 Å². The molecule has 0 aliphatic carbocycles. The van der Waals surface area contributed by atoms with Crippen LogP contribution in [0.15, 0.2) is 0 Å². The van der Waals surface area contributed by atoms with Crippen molar-refractivity contribution < 1.29 is 19.2 Å². The summed E-state index contributed by atoms with van der Waals surface area (Å²) in [6, 6.07) is -0.999. The minimum Gasteiger partial charge on any atom is -0.344 e. The predicted molar refractivity (Wildman–Crippen MR) is 77.4 cm³/mol. The van der Waals surface area contributed by atoms with Crippen molar-refractivity contribution in [3.63, 3.8) is 0 Å². The standard InChI is InChI=1S/C13H24N4O4/c1-4-11(19)17-10(12(20)16-9(2)18)7-5-6-8-15-13(21)14-3/h10H,4-8H2,1-3H3,(H,17,19)(H2,14,15,21)(H,16,18,20). The van der Waals surface area contributed by atoms with Crippen molar-refractivity contribution in [3.8, 4) is 0 Å². The molecule has 0 rings (SSSR count). The minimum atomic E-state index is -0.735. The van der Waals surface area contributed by atoms with Crippen LogP contribution >= 0.6 is 0 Å². The van der Waals surface area contributed by atoms with Crippen LogP contribution in [0.2, 0.25) is 0 Å². The molecular weight excluding hydrogens is 276 g/mol. The number of unbranched alkanes of at least 4 members (excludes halogenated alkanes) is 1. The van der Waals surface area contributed by atoms with Crippen molar-refractivity contribution in [3.05, 3.63) is 0 Å². The summed E-state index contributed by atoms with van der Waals surface area (Å²) in [5, 5.41) is 9.80. The Balaban J connectivity index is 4.21. The van der Waals surface area contributed by atoms with Crippen LogP contribution in [-0.4, -0.2) is 43.4 Å². The van der Waals surface area contributed by atoms with Gasteiger partial charge in [-0.2, -0.15) is 0 Å². The molecule has 0 bridgehead atoms. The van der Waals surface area contributed by atoms with Gasteiger partial charge in [-0.05, 0) is 19.3 Å². The predicted octanol–water partition coefficient (Wildman–Crippen LogP) is -0.357. The lowest BCUT2D eigenvalue weighted by Crippen LogP contribution is -2.47. The summed E-state index contributed by atoms with van der Waals surface area (Å²) < 4.78 is 0. The van der Waals surface area contributed by atoms with E-state index < -0.39 is 17.9 Å². The van der Waals surface area contributed by atoms with Gasteiger partial charge >= 0.3 is 6.03 Å². The number of carbonyl (C=O) groups excluding carboxylic acids is 4. The third-order valence-electron chi connectivity index (χ3n) is 2.70. The van der Waals surface area contributed by atoms with Crippen molar-refractivity contribution >= 4 is 23.8 Å². The zero-order valence-electron chi connectivity index (χ0n) is 12.7. The highest BCUT2D eigenvalue weighted by Crippen LogP contribution is 2.02. The molecule has 0 saturated heterocycles.